The number of hydrogen-bond donors (Lipinski definition) is 1. The van der Waals surface area contributed by atoms with Gasteiger partial charge in [0.2, 0.25) is 0 Å². The van der Waals surface area contributed by atoms with Gasteiger partial charge in [-0.15, -0.1) is 0 Å². The van der Waals surface area contributed by atoms with E-state index in [2.05, 4.69) is 0 Å². The second-order valence-electron chi connectivity index (χ2n) is 4.80. The van der Waals surface area contributed by atoms with Crippen LogP contribution in [-0.4, -0.2) is 38.2 Å². The van der Waals surface area contributed by atoms with Gasteiger partial charge >= 0.3 is 0 Å². The summed E-state index contributed by atoms with van der Waals surface area (Å²) in [6, 6.07) is -0.224. The van der Waals surface area contributed by atoms with Crippen LogP contribution in [0.25, 0.3) is 0 Å². The maximum atomic E-state index is 12.5. The van der Waals surface area contributed by atoms with Gasteiger partial charge in [-0.2, -0.15) is 0 Å². The fraction of sp³-hybridized carbons (Fsp3) is 1.00. The summed E-state index contributed by atoms with van der Waals surface area (Å²) in [4.78, 5) is 0. The average molecular weight is 263 g/mol. The van der Waals surface area contributed by atoms with Crippen LogP contribution in [0.5, 0.6) is 0 Å². The Morgan fingerprint density at radius 1 is 1.29 bits per heavy atom. The molecule has 102 valence electrons. The third-order valence-electron chi connectivity index (χ3n) is 3.56. The van der Waals surface area contributed by atoms with Crippen molar-refractivity contribution >= 4 is 9.84 Å². The zero-order valence-electron chi connectivity index (χ0n) is 10.9. The summed E-state index contributed by atoms with van der Waals surface area (Å²) in [5.74, 6) is 0. The van der Waals surface area contributed by atoms with Crippen molar-refractivity contribution in [3.05, 3.63) is 0 Å². The zero-order chi connectivity index (χ0) is 12.9. The summed E-state index contributed by atoms with van der Waals surface area (Å²) in [7, 11) is -3.10. The van der Waals surface area contributed by atoms with Crippen LogP contribution in [-0.2, 0) is 14.6 Å². The molecule has 0 saturated carbocycles. The van der Waals surface area contributed by atoms with Crippen molar-refractivity contribution in [2.24, 2.45) is 5.73 Å². The molecule has 1 heterocycles. The predicted octanol–water partition coefficient (Wildman–Crippen LogP) is 1.49. The molecular weight excluding hydrogens is 238 g/mol. The summed E-state index contributed by atoms with van der Waals surface area (Å²) in [6.45, 7) is 5.07. The Bertz CT molecular complexity index is 310. The summed E-state index contributed by atoms with van der Waals surface area (Å²) in [6.07, 6.45) is 3.57. The quantitative estimate of drug-likeness (QED) is 0.788. The summed E-state index contributed by atoms with van der Waals surface area (Å²) in [5.41, 5.74) is 6.02. The maximum absolute atomic E-state index is 12.5. The van der Waals surface area contributed by atoms with Gasteiger partial charge in [-0.25, -0.2) is 8.42 Å². The van der Waals surface area contributed by atoms with Crippen LogP contribution >= 0.6 is 0 Å². The number of ether oxygens (including phenoxy) is 1. The lowest BCUT2D eigenvalue weighted by molar-refractivity contribution is 0.0981. The summed E-state index contributed by atoms with van der Waals surface area (Å²) < 4.78 is 30.2. The molecule has 0 spiro atoms. The largest absolute Gasteiger partial charge is 0.381 e. The number of hydrogen-bond acceptors (Lipinski definition) is 4. The second kappa shape index (κ2) is 6.71. The van der Waals surface area contributed by atoms with Crippen molar-refractivity contribution in [2.45, 2.75) is 62.5 Å². The highest BCUT2D eigenvalue weighted by molar-refractivity contribution is 7.92. The smallest absolute Gasteiger partial charge is 0.157 e. The van der Waals surface area contributed by atoms with Gasteiger partial charge in [-0.05, 0) is 25.7 Å². The summed E-state index contributed by atoms with van der Waals surface area (Å²) >= 11 is 0. The molecular formula is C12H25NO3S. The molecule has 4 nitrogen and oxygen atoms in total. The number of sulfone groups is 1. The highest BCUT2D eigenvalue weighted by Crippen LogP contribution is 2.24. The molecule has 0 radical (unpaired) electrons. The lowest BCUT2D eigenvalue weighted by Gasteiger charge is -2.29. The molecule has 17 heavy (non-hydrogen) atoms. The van der Waals surface area contributed by atoms with Gasteiger partial charge in [-0.1, -0.05) is 20.3 Å². The normalized spacial score (nSPS) is 22.3. The predicted molar refractivity (Wildman–Crippen MR) is 69.7 cm³/mol. The van der Waals surface area contributed by atoms with Gasteiger partial charge in [0.1, 0.15) is 0 Å². The molecule has 1 rings (SSSR count). The molecule has 1 aliphatic heterocycles. The van der Waals surface area contributed by atoms with Gasteiger partial charge < -0.3 is 10.5 Å². The van der Waals surface area contributed by atoms with Crippen LogP contribution < -0.4 is 5.73 Å². The van der Waals surface area contributed by atoms with Crippen molar-refractivity contribution in [1.29, 1.82) is 0 Å². The van der Waals surface area contributed by atoms with Gasteiger partial charge in [0.05, 0.1) is 10.5 Å². The molecule has 5 heteroatoms. The lowest BCUT2D eigenvalue weighted by Crippen LogP contribution is -2.45. The molecule has 1 fully saturated rings. The van der Waals surface area contributed by atoms with Gasteiger partial charge in [0.25, 0.3) is 0 Å². The molecule has 0 aromatic carbocycles. The van der Waals surface area contributed by atoms with Crippen LogP contribution in [0.15, 0.2) is 0 Å². The van der Waals surface area contributed by atoms with Crippen LogP contribution in [0.4, 0.5) is 0 Å². The molecule has 0 amide bonds. The Labute approximate surface area is 105 Å². The standard InChI is InChI=1S/C12H25NO3S/c1-3-5-11(13)12(4-2)17(14,15)10-6-8-16-9-7-10/h10-12H,3-9,13H2,1-2H3. The molecule has 0 aromatic rings. The topological polar surface area (TPSA) is 69.4 Å². The SMILES string of the molecule is CCCC(N)C(CC)S(=O)(=O)C1CCOCC1. The highest BCUT2D eigenvalue weighted by atomic mass is 32.2. The maximum Gasteiger partial charge on any atom is 0.157 e. The van der Waals surface area contributed by atoms with Crippen molar-refractivity contribution in [2.75, 3.05) is 13.2 Å². The first-order valence-electron chi connectivity index (χ1n) is 6.60. The van der Waals surface area contributed by atoms with Crippen LogP contribution in [0, 0.1) is 0 Å². The average Bonchev–Trinajstić information content (AvgIpc) is 2.31. The minimum Gasteiger partial charge on any atom is -0.381 e. The van der Waals surface area contributed by atoms with Gasteiger partial charge in [-0.3, -0.25) is 0 Å². The van der Waals surface area contributed by atoms with E-state index in [4.69, 9.17) is 10.5 Å². The van der Waals surface area contributed by atoms with E-state index >= 15 is 0 Å². The van der Waals surface area contributed by atoms with E-state index in [9.17, 15) is 8.42 Å². The molecule has 2 N–H and O–H groups in total. The van der Waals surface area contributed by atoms with Crippen LogP contribution in [0.1, 0.15) is 46.0 Å². The van der Waals surface area contributed by atoms with E-state index in [-0.39, 0.29) is 16.5 Å². The Hall–Kier alpha value is -0.130. The minimum atomic E-state index is -3.10. The van der Waals surface area contributed by atoms with E-state index in [1.54, 1.807) is 0 Å². The Morgan fingerprint density at radius 2 is 1.88 bits per heavy atom. The molecule has 1 saturated heterocycles. The van der Waals surface area contributed by atoms with Gasteiger partial charge in [0, 0.05) is 19.3 Å². The number of nitrogens with two attached hydrogens (primary N) is 1. The van der Waals surface area contributed by atoms with E-state index in [0.717, 1.165) is 12.8 Å². The molecule has 2 unspecified atom stereocenters. The third kappa shape index (κ3) is 3.66. The van der Waals surface area contributed by atoms with E-state index < -0.39 is 9.84 Å². The molecule has 0 bridgehead atoms. The van der Waals surface area contributed by atoms with Crippen LogP contribution in [0.2, 0.25) is 0 Å². The Kier molecular flexibility index (Phi) is 5.89. The first-order chi connectivity index (χ1) is 8.04. The number of rotatable bonds is 6. The fourth-order valence-corrected chi connectivity index (χ4v) is 4.98. The highest BCUT2D eigenvalue weighted by Gasteiger charge is 2.36. The zero-order valence-corrected chi connectivity index (χ0v) is 11.7. The Balaban J connectivity index is 2.77. The van der Waals surface area contributed by atoms with Crippen molar-refractivity contribution in [3.63, 3.8) is 0 Å². The fourth-order valence-electron chi connectivity index (χ4n) is 2.55. The van der Waals surface area contributed by atoms with Gasteiger partial charge in [0.15, 0.2) is 9.84 Å². The first-order valence-corrected chi connectivity index (χ1v) is 8.21. The summed E-state index contributed by atoms with van der Waals surface area (Å²) in [5, 5.41) is -0.630. The molecule has 2 atom stereocenters. The first kappa shape index (κ1) is 14.9. The lowest BCUT2D eigenvalue weighted by atomic mass is 10.1. The third-order valence-corrected chi connectivity index (χ3v) is 6.48. The Morgan fingerprint density at radius 3 is 2.35 bits per heavy atom. The van der Waals surface area contributed by atoms with E-state index in [1.807, 2.05) is 13.8 Å². The van der Waals surface area contributed by atoms with Crippen LogP contribution in [0.3, 0.4) is 0 Å². The van der Waals surface area contributed by atoms with Crippen molar-refractivity contribution in [3.8, 4) is 0 Å². The monoisotopic (exact) mass is 263 g/mol. The minimum absolute atomic E-state index is 0.224. The van der Waals surface area contributed by atoms with Crippen molar-refractivity contribution < 1.29 is 13.2 Å². The molecule has 0 aliphatic carbocycles. The van der Waals surface area contributed by atoms with E-state index in [0.29, 0.717) is 32.5 Å². The van der Waals surface area contributed by atoms with E-state index in [1.165, 1.54) is 0 Å². The second-order valence-corrected chi connectivity index (χ2v) is 7.25. The molecule has 1 aliphatic rings. The van der Waals surface area contributed by atoms with Crippen molar-refractivity contribution in [1.82, 2.24) is 0 Å². The molecule has 0 aromatic heterocycles.